The van der Waals surface area contributed by atoms with Gasteiger partial charge in [0.2, 0.25) is 5.82 Å². The normalized spacial score (nSPS) is 13.1. The predicted octanol–water partition coefficient (Wildman–Crippen LogP) is 4.31. The van der Waals surface area contributed by atoms with Crippen LogP contribution in [-0.4, -0.2) is 61.7 Å². The van der Waals surface area contributed by atoms with Crippen LogP contribution in [0.15, 0.2) is 34.9 Å². The number of alkyl halides is 3. The molecular formula is C23H28F3N5O3. The Kier molecular flexibility index (Phi) is 7.75. The summed E-state index contributed by atoms with van der Waals surface area (Å²) in [7, 11) is 1.15. The zero-order valence-corrected chi connectivity index (χ0v) is 19.5. The minimum absolute atomic E-state index is 0.267. The Bertz CT molecular complexity index is 1110. The predicted molar refractivity (Wildman–Crippen MR) is 119 cm³/mol. The summed E-state index contributed by atoms with van der Waals surface area (Å²) in [5.74, 6) is -0.287. The highest BCUT2D eigenvalue weighted by Gasteiger charge is 2.42. The molecule has 3 aromatic rings. The molecule has 0 amide bonds. The van der Waals surface area contributed by atoms with Crippen molar-refractivity contribution in [2.45, 2.75) is 52.4 Å². The average Bonchev–Trinajstić information content (AvgIpc) is 3.37. The van der Waals surface area contributed by atoms with Crippen molar-refractivity contribution < 1.29 is 27.6 Å². The molecule has 11 heteroatoms. The van der Waals surface area contributed by atoms with Crippen LogP contribution in [-0.2, 0) is 24.2 Å². The van der Waals surface area contributed by atoms with Gasteiger partial charge in [0.15, 0.2) is 5.69 Å². The molecular weight excluding hydrogens is 451 g/mol. The number of likely N-dealkylation sites (N-methyl/N-ethyl adjacent to an activating group) is 1. The van der Waals surface area contributed by atoms with Gasteiger partial charge in [0.1, 0.15) is 6.04 Å². The topological polar surface area (TPSA) is 97.3 Å². The van der Waals surface area contributed by atoms with E-state index in [9.17, 15) is 18.0 Å². The van der Waals surface area contributed by atoms with Gasteiger partial charge >= 0.3 is 12.1 Å². The van der Waals surface area contributed by atoms with Gasteiger partial charge in [-0.1, -0.05) is 43.3 Å². The molecule has 0 bridgehead atoms. The molecule has 0 aliphatic rings. The lowest BCUT2D eigenvalue weighted by molar-refractivity contribution is -0.182. The molecule has 34 heavy (non-hydrogen) atoms. The molecule has 1 unspecified atom stereocenters. The molecule has 0 aliphatic carbocycles. The number of hydrogen-bond donors (Lipinski definition) is 1. The fourth-order valence-corrected chi connectivity index (χ4v) is 3.72. The van der Waals surface area contributed by atoms with Crippen molar-refractivity contribution in [2.75, 3.05) is 13.6 Å². The smallest absolute Gasteiger partial charge is 0.404 e. The quantitative estimate of drug-likeness (QED) is 0.463. The monoisotopic (exact) mass is 479 g/mol. The highest BCUT2D eigenvalue weighted by molar-refractivity contribution is 5.69. The highest BCUT2D eigenvalue weighted by Crippen LogP contribution is 2.28. The molecule has 184 valence electrons. The first-order valence-corrected chi connectivity index (χ1v) is 11.0. The molecule has 0 saturated heterocycles. The van der Waals surface area contributed by atoms with E-state index in [4.69, 9.17) is 9.63 Å². The van der Waals surface area contributed by atoms with Gasteiger partial charge in [-0.2, -0.15) is 23.3 Å². The molecule has 1 N–H and O–H groups in total. The van der Waals surface area contributed by atoms with Crippen LogP contribution in [0.4, 0.5) is 13.2 Å². The maximum absolute atomic E-state index is 13.5. The van der Waals surface area contributed by atoms with Crippen LogP contribution in [0.3, 0.4) is 0 Å². The van der Waals surface area contributed by atoms with E-state index in [0.29, 0.717) is 35.1 Å². The van der Waals surface area contributed by atoms with Gasteiger partial charge < -0.3 is 9.63 Å². The third-order valence-electron chi connectivity index (χ3n) is 5.36. The van der Waals surface area contributed by atoms with E-state index in [1.165, 1.54) is 0 Å². The summed E-state index contributed by atoms with van der Waals surface area (Å²) in [6.45, 7) is 6.26. The molecule has 0 aliphatic heterocycles. The molecule has 0 spiro atoms. The second kappa shape index (κ2) is 10.4. The molecule has 3 rings (SSSR count). The third-order valence-corrected chi connectivity index (χ3v) is 5.36. The van der Waals surface area contributed by atoms with E-state index < -0.39 is 24.7 Å². The standard InChI is InChI=1S/C23H28F3N5O3/c1-5-31-17(10-14(2)3)12-18(28-31)22-27-21(29-34-22)16-8-6-15(7-9-16)11-19(23(24,25)26)30(4)13-20(32)33/h6-9,12,14,19H,5,10-11,13H2,1-4H3,(H,32,33). The largest absolute Gasteiger partial charge is 0.480 e. The van der Waals surface area contributed by atoms with Crippen molar-refractivity contribution in [3.8, 4) is 23.0 Å². The Morgan fingerprint density at radius 3 is 2.44 bits per heavy atom. The lowest BCUT2D eigenvalue weighted by atomic mass is 10.0. The molecule has 1 atom stereocenters. The van der Waals surface area contributed by atoms with Gasteiger partial charge in [0.25, 0.3) is 5.89 Å². The van der Waals surface area contributed by atoms with Crippen LogP contribution in [0.25, 0.3) is 23.0 Å². The van der Waals surface area contributed by atoms with Crippen LogP contribution >= 0.6 is 0 Å². The van der Waals surface area contributed by atoms with Crippen LogP contribution in [0, 0.1) is 5.92 Å². The molecule has 2 heterocycles. The summed E-state index contributed by atoms with van der Waals surface area (Å²) in [6, 6.07) is 6.33. The number of aromatic nitrogens is 4. The molecule has 0 saturated carbocycles. The van der Waals surface area contributed by atoms with Crippen LogP contribution in [0.5, 0.6) is 0 Å². The highest BCUT2D eigenvalue weighted by atomic mass is 19.4. The summed E-state index contributed by atoms with van der Waals surface area (Å²) in [4.78, 5) is 16.0. The van der Waals surface area contributed by atoms with Gasteiger partial charge in [-0.3, -0.25) is 14.4 Å². The van der Waals surface area contributed by atoms with Crippen LogP contribution in [0.2, 0.25) is 0 Å². The minimum atomic E-state index is -4.57. The number of carboxylic acid groups (broad SMARTS) is 1. The molecule has 2 aromatic heterocycles. The van der Waals surface area contributed by atoms with Crippen molar-refractivity contribution in [1.82, 2.24) is 24.8 Å². The summed E-state index contributed by atoms with van der Waals surface area (Å²) in [6.07, 6.45) is -4.08. The Hall–Kier alpha value is -3.21. The lowest BCUT2D eigenvalue weighted by Gasteiger charge is -2.28. The van der Waals surface area contributed by atoms with Gasteiger partial charge in [-0.15, -0.1) is 0 Å². The Morgan fingerprint density at radius 1 is 1.21 bits per heavy atom. The molecule has 0 radical (unpaired) electrons. The number of nitrogens with zero attached hydrogens (tertiary/aromatic N) is 5. The van der Waals surface area contributed by atoms with E-state index in [2.05, 4.69) is 29.1 Å². The Labute approximate surface area is 195 Å². The van der Waals surface area contributed by atoms with Crippen molar-refractivity contribution in [3.63, 3.8) is 0 Å². The lowest BCUT2D eigenvalue weighted by Crippen LogP contribution is -2.47. The van der Waals surface area contributed by atoms with E-state index >= 15 is 0 Å². The number of halogens is 3. The van der Waals surface area contributed by atoms with Gasteiger partial charge in [0.05, 0.1) is 6.54 Å². The number of carbonyl (C=O) groups is 1. The van der Waals surface area contributed by atoms with Crippen LogP contribution in [0.1, 0.15) is 32.0 Å². The fraction of sp³-hybridized carbons (Fsp3) is 0.478. The summed E-state index contributed by atoms with van der Waals surface area (Å²) in [5, 5.41) is 17.4. The maximum Gasteiger partial charge on any atom is 0.404 e. The van der Waals surface area contributed by atoms with Gasteiger partial charge in [-0.25, -0.2) is 0 Å². The Balaban J connectivity index is 1.77. The number of rotatable bonds is 10. The molecule has 8 nitrogen and oxygen atoms in total. The van der Waals surface area contributed by atoms with Crippen molar-refractivity contribution in [2.24, 2.45) is 5.92 Å². The second-order valence-corrected chi connectivity index (χ2v) is 8.63. The second-order valence-electron chi connectivity index (χ2n) is 8.63. The van der Waals surface area contributed by atoms with Crippen molar-refractivity contribution >= 4 is 5.97 Å². The molecule has 0 fully saturated rings. The van der Waals surface area contributed by atoms with Crippen LogP contribution < -0.4 is 0 Å². The summed E-state index contributed by atoms with van der Waals surface area (Å²) >= 11 is 0. The number of benzene rings is 1. The first-order chi connectivity index (χ1) is 16.0. The number of aryl methyl sites for hydroxylation is 1. The summed E-state index contributed by atoms with van der Waals surface area (Å²) in [5.41, 5.74) is 2.64. The van der Waals surface area contributed by atoms with Gasteiger partial charge in [0, 0.05) is 17.8 Å². The average molecular weight is 480 g/mol. The first-order valence-electron chi connectivity index (χ1n) is 11.0. The van der Waals surface area contributed by atoms with E-state index in [0.717, 1.165) is 24.1 Å². The Morgan fingerprint density at radius 2 is 1.88 bits per heavy atom. The van der Waals surface area contributed by atoms with E-state index in [-0.39, 0.29) is 12.3 Å². The van der Waals surface area contributed by atoms with E-state index in [1.807, 2.05) is 17.7 Å². The van der Waals surface area contributed by atoms with Crippen molar-refractivity contribution in [3.05, 3.63) is 41.6 Å². The maximum atomic E-state index is 13.5. The fourth-order valence-electron chi connectivity index (χ4n) is 3.72. The van der Waals surface area contributed by atoms with Gasteiger partial charge in [-0.05, 0) is 44.4 Å². The minimum Gasteiger partial charge on any atom is -0.480 e. The van der Waals surface area contributed by atoms with Crippen molar-refractivity contribution in [1.29, 1.82) is 0 Å². The van der Waals surface area contributed by atoms with E-state index in [1.54, 1.807) is 24.3 Å². The zero-order valence-electron chi connectivity index (χ0n) is 19.5. The zero-order chi connectivity index (χ0) is 25.0. The number of carboxylic acids is 1. The third kappa shape index (κ3) is 6.22. The number of hydrogen-bond acceptors (Lipinski definition) is 6. The summed E-state index contributed by atoms with van der Waals surface area (Å²) < 4.78 is 47.7. The molecule has 1 aromatic carbocycles. The first kappa shape index (κ1) is 25.4. The number of aliphatic carboxylic acids is 1. The SMILES string of the molecule is CCn1nc(-c2nc(-c3ccc(CC(N(C)CC(=O)O)C(F)(F)F)cc3)no2)cc1CC(C)C.